The van der Waals surface area contributed by atoms with Crippen molar-refractivity contribution >= 4 is 5.91 Å². The number of aromatic nitrogens is 2. The molecule has 1 fully saturated rings. The van der Waals surface area contributed by atoms with Crippen molar-refractivity contribution in [3.05, 3.63) is 28.2 Å². The molecule has 0 aliphatic carbocycles. The second-order valence-electron chi connectivity index (χ2n) is 3.73. The van der Waals surface area contributed by atoms with E-state index in [2.05, 4.69) is 10.2 Å². The van der Waals surface area contributed by atoms with Crippen LogP contribution in [0.2, 0.25) is 0 Å². The van der Waals surface area contributed by atoms with E-state index >= 15 is 0 Å². The summed E-state index contributed by atoms with van der Waals surface area (Å²) in [5, 5.41) is 14.9. The number of aliphatic hydroxyl groups is 1. The number of hydrogen-bond donors (Lipinski definition) is 2. The Hall–Kier alpha value is -1.73. The highest BCUT2D eigenvalue weighted by molar-refractivity contribution is 5.92. The molecule has 0 aromatic carbocycles. The van der Waals surface area contributed by atoms with Gasteiger partial charge in [-0.05, 0) is 6.07 Å². The second kappa shape index (κ2) is 5.07. The number of carbonyl (C=O) groups is 1. The number of nitrogens with zero attached hydrogens (tertiary/aromatic N) is 2. The monoisotopic (exact) mass is 239 g/mol. The normalized spacial score (nSPS) is 20.3. The summed E-state index contributed by atoms with van der Waals surface area (Å²) in [4.78, 5) is 24.3. The van der Waals surface area contributed by atoms with Crippen LogP contribution >= 0.6 is 0 Å². The molecule has 1 aliphatic heterocycles. The van der Waals surface area contributed by atoms with Gasteiger partial charge in [0.05, 0.1) is 19.3 Å². The third-order valence-electron chi connectivity index (χ3n) is 2.53. The van der Waals surface area contributed by atoms with Gasteiger partial charge in [0.2, 0.25) is 0 Å². The number of aromatic amines is 1. The molecule has 2 N–H and O–H groups in total. The van der Waals surface area contributed by atoms with Gasteiger partial charge in [0.1, 0.15) is 5.69 Å². The van der Waals surface area contributed by atoms with E-state index in [0.717, 1.165) is 0 Å². The molecule has 2 heterocycles. The molecule has 1 aromatic heterocycles. The molecular formula is C10H13N3O4. The van der Waals surface area contributed by atoms with Gasteiger partial charge in [-0.1, -0.05) is 0 Å². The Morgan fingerprint density at radius 2 is 2.47 bits per heavy atom. The van der Waals surface area contributed by atoms with Crippen LogP contribution in [0.15, 0.2) is 16.9 Å². The number of hydrogen-bond acceptors (Lipinski definition) is 5. The summed E-state index contributed by atoms with van der Waals surface area (Å²) in [6.07, 6.45) is -0.351. The Kier molecular flexibility index (Phi) is 3.50. The average molecular weight is 239 g/mol. The van der Waals surface area contributed by atoms with Crippen molar-refractivity contribution in [2.75, 3.05) is 26.3 Å². The smallest absolute Gasteiger partial charge is 0.274 e. The molecule has 1 aliphatic rings. The summed E-state index contributed by atoms with van der Waals surface area (Å²) in [7, 11) is 0. The van der Waals surface area contributed by atoms with Crippen LogP contribution in [0.3, 0.4) is 0 Å². The van der Waals surface area contributed by atoms with Gasteiger partial charge in [-0.3, -0.25) is 9.59 Å². The number of rotatable bonds is 2. The number of ether oxygens (including phenoxy) is 1. The van der Waals surface area contributed by atoms with Crippen LogP contribution in [0.25, 0.3) is 0 Å². The third kappa shape index (κ3) is 2.69. The molecule has 7 nitrogen and oxygen atoms in total. The van der Waals surface area contributed by atoms with E-state index in [-0.39, 0.29) is 29.9 Å². The van der Waals surface area contributed by atoms with E-state index in [1.165, 1.54) is 12.1 Å². The van der Waals surface area contributed by atoms with Crippen LogP contribution in [0, 0.1) is 0 Å². The van der Waals surface area contributed by atoms with Crippen molar-refractivity contribution < 1.29 is 14.6 Å². The maximum Gasteiger partial charge on any atom is 0.274 e. The third-order valence-corrected chi connectivity index (χ3v) is 2.53. The molecule has 2 rings (SSSR count). The van der Waals surface area contributed by atoms with Gasteiger partial charge >= 0.3 is 0 Å². The molecule has 0 saturated carbocycles. The van der Waals surface area contributed by atoms with Crippen LogP contribution in [0.1, 0.15) is 10.5 Å². The molecule has 1 saturated heterocycles. The zero-order valence-corrected chi connectivity index (χ0v) is 9.13. The summed E-state index contributed by atoms with van der Waals surface area (Å²) in [5.74, 6) is -0.275. The summed E-state index contributed by atoms with van der Waals surface area (Å²) in [6, 6.07) is 2.63. The van der Waals surface area contributed by atoms with Crippen LogP contribution < -0.4 is 5.56 Å². The molecular weight excluding hydrogens is 226 g/mol. The number of carbonyl (C=O) groups excluding carboxylic acids is 1. The zero-order chi connectivity index (χ0) is 12.3. The first-order valence-electron chi connectivity index (χ1n) is 5.28. The summed E-state index contributed by atoms with van der Waals surface area (Å²) in [6.45, 7) is 1.05. The van der Waals surface area contributed by atoms with E-state index in [4.69, 9.17) is 9.84 Å². The standard InChI is InChI=1S/C10H13N3O4/c14-6-7-5-13(3-4-17-7)10(16)8-1-2-9(15)12-11-8/h1-2,7,14H,3-6H2,(H,12,15). The minimum atomic E-state index is -0.351. The van der Waals surface area contributed by atoms with Crippen molar-refractivity contribution in [3.8, 4) is 0 Å². The highest BCUT2D eigenvalue weighted by Gasteiger charge is 2.25. The van der Waals surface area contributed by atoms with Crippen molar-refractivity contribution in [1.29, 1.82) is 0 Å². The van der Waals surface area contributed by atoms with E-state index in [1.54, 1.807) is 4.90 Å². The van der Waals surface area contributed by atoms with Gasteiger partial charge < -0.3 is 14.7 Å². The summed E-state index contributed by atoms with van der Waals surface area (Å²) in [5.41, 5.74) is -0.167. The fraction of sp³-hybridized carbons (Fsp3) is 0.500. The minimum Gasteiger partial charge on any atom is -0.394 e. The Morgan fingerprint density at radius 3 is 3.12 bits per heavy atom. The lowest BCUT2D eigenvalue weighted by Gasteiger charge is -2.31. The van der Waals surface area contributed by atoms with Gasteiger partial charge in [0, 0.05) is 19.2 Å². The molecule has 0 radical (unpaired) electrons. The molecule has 1 unspecified atom stereocenters. The van der Waals surface area contributed by atoms with Gasteiger partial charge in [0.25, 0.3) is 11.5 Å². The van der Waals surface area contributed by atoms with Crippen LogP contribution in [-0.2, 0) is 4.74 Å². The van der Waals surface area contributed by atoms with Gasteiger partial charge in [-0.15, -0.1) is 0 Å². The van der Waals surface area contributed by atoms with Gasteiger partial charge in [0.15, 0.2) is 0 Å². The van der Waals surface area contributed by atoms with E-state index < -0.39 is 0 Å². The van der Waals surface area contributed by atoms with Gasteiger partial charge in [-0.2, -0.15) is 5.10 Å². The number of amides is 1. The zero-order valence-electron chi connectivity index (χ0n) is 9.13. The van der Waals surface area contributed by atoms with Gasteiger partial charge in [-0.25, -0.2) is 5.10 Å². The average Bonchev–Trinajstić information content (AvgIpc) is 2.39. The number of H-pyrrole nitrogens is 1. The van der Waals surface area contributed by atoms with Crippen LogP contribution in [-0.4, -0.2) is 58.5 Å². The minimum absolute atomic E-state index is 0.122. The predicted molar refractivity (Wildman–Crippen MR) is 57.6 cm³/mol. The van der Waals surface area contributed by atoms with E-state index in [9.17, 15) is 9.59 Å². The summed E-state index contributed by atoms with van der Waals surface area (Å²) >= 11 is 0. The topological polar surface area (TPSA) is 95.5 Å². The fourth-order valence-corrected chi connectivity index (χ4v) is 1.64. The maximum atomic E-state index is 12.0. The number of morpholine rings is 1. The lowest BCUT2D eigenvalue weighted by molar-refractivity contribution is -0.0448. The molecule has 92 valence electrons. The molecule has 17 heavy (non-hydrogen) atoms. The Morgan fingerprint density at radius 1 is 1.65 bits per heavy atom. The quantitative estimate of drug-likeness (QED) is 0.662. The van der Waals surface area contributed by atoms with Crippen molar-refractivity contribution in [2.45, 2.75) is 6.10 Å². The fourth-order valence-electron chi connectivity index (χ4n) is 1.64. The van der Waals surface area contributed by atoms with Crippen molar-refractivity contribution in [3.63, 3.8) is 0 Å². The first-order chi connectivity index (χ1) is 8.20. The second-order valence-corrected chi connectivity index (χ2v) is 3.73. The molecule has 1 amide bonds. The highest BCUT2D eigenvalue weighted by Crippen LogP contribution is 2.07. The molecule has 0 bridgehead atoms. The van der Waals surface area contributed by atoms with Crippen LogP contribution in [0.4, 0.5) is 0 Å². The van der Waals surface area contributed by atoms with E-state index in [1.807, 2.05) is 0 Å². The number of aliphatic hydroxyl groups excluding tert-OH is 1. The first kappa shape index (κ1) is 11.7. The lowest BCUT2D eigenvalue weighted by atomic mass is 10.2. The molecule has 0 spiro atoms. The SMILES string of the molecule is O=C(c1ccc(=O)[nH]n1)N1CCOC(CO)C1. The summed E-state index contributed by atoms with van der Waals surface area (Å²) < 4.78 is 5.24. The highest BCUT2D eigenvalue weighted by atomic mass is 16.5. The molecule has 7 heteroatoms. The first-order valence-corrected chi connectivity index (χ1v) is 5.28. The molecule has 1 atom stereocenters. The maximum absolute atomic E-state index is 12.0. The Bertz CT molecular complexity index is 439. The largest absolute Gasteiger partial charge is 0.394 e. The Balaban J connectivity index is 2.09. The van der Waals surface area contributed by atoms with Crippen molar-refractivity contribution in [2.24, 2.45) is 0 Å². The van der Waals surface area contributed by atoms with Crippen LogP contribution in [0.5, 0.6) is 0 Å². The predicted octanol–water partition coefficient (Wildman–Crippen LogP) is -1.40. The number of nitrogens with one attached hydrogen (secondary N) is 1. The van der Waals surface area contributed by atoms with E-state index in [0.29, 0.717) is 19.7 Å². The van der Waals surface area contributed by atoms with Crippen molar-refractivity contribution in [1.82, 2.24) is 15.1 Å². The Labute approximate surface area is 97.0 Å². The molecule has 1 aromatic rings. The lowest BCUT2D eigenvalue weighted by Crippen LogP contribution is -2.47.